The molecule has 1 aromatic heterocycles. The fourth-order valence-electron chi connectivity index (χ4n) is 3.60. The van der Waals surface area contributed by atoms with Gasteiger partial charge in [-0.25, -0.2) is 9.80 Å². The van der Waals surface area contributed by atoms with Crippen LogP contribution in [0, 0.1) is 0 Å². The lowest BCUT2D eigenvalue weighted by molar-refractivity contribution is -0.128. The molecule has 1 aromatic carbocycles. The van der Waals surface area contributed by atoms with Gasteiger partial charge in [-0.05, 0) is 58.7 Å². The molecule has 12 heteroatoms. The molecular weight excluding hydrogens is 516 g/mol. The summed E-state index contributed by atoms with van der Waals surface area (Å²) in [5.41, 5.74) is 8.81. The number of hydrogen-bond acceptors (Lipinski definition) is 9. The summed E-state index contributed by atoms with van der Waals surface area (Å²) in [7, 11) is 0. The minimum atomic E-state index is -1.29. The summed E-state index contributed by atoms with van der Waals surface area (Å²) in [5, 5.41) is 17.6. The number of nitrogens with one attached hydrogen (secondary N) is 3. The lowest BCUT2D eigenvalue weighted by atomic mass is 10.00. The summed E-state index contributed by atoms with van der Waals surface area (Å²) in [4.78, 5) is 53.7. The number of rotatable bonds is 12. The Kier molecular flexibility index (Phi) is 12.2. The third-order valence-electron chi connectivity index (χ3n) is 5.62. The highest BCUT2D eigenvalue weighted by Crippen LogP contribution is 2.11. The molecule has 12 nitrogen and oxygen atoms in total. The van der Waals surface area contributed by atoms with Gasteiger partial charge in [0, 0.05) is 18.8 Å². The van der Waals surface area contributed by atoms with Gasteiger partial charge in [0.15, 0.2) is 0 Å². The zero-order valence-corrected chi connectivity index (χ0v) is 23.6. The molecule has 4 amide bonds. The Morgan fingerprint density at radius 2 is 1.70 bits per heavy atom. The van der Waals surface area contributed by atoms with Gasteiger partial charge in [-0.1, -0.05) is 36.4 Å². The summed E-state index contributed by atoms with van der Waals surface area (Å²) < 4.78 is 5.32. The second-order valence-corrected chi connectivity index (χ2v) is 10.6. The van der Waals surface area contributed by atoms with E-state index in [0.717, 1.165) is 5.56 Å². The molecule has 1 heterocycles. The van der Waals surface area contributed by atoms with Crippen molar-refractivity contribution in [1.29, 1.82) is 0 Å². The SMILES string of the molecule is CC(C)N(C[C@H](O)[C@H](Cc1ccccc1)NC(=O)[C@@H](N)CC(=O)NC(=O)c1ccccn1)NC(=O)OC(C)(C)C. The monoisotopic (exact) mass is 556 g/mol. The van der Waals surface area contributed by atoms with Crippen LogP contribution in [-0.4, -0.2) is 75.3 Å². The lowest BCUT2D eigenvalue weighted by Gasteiger charge is -2.33. The van der Waals surface area contributed by atoms with E-state index in [-0.39, 0.29) is 24.7 Å². The van der Waals surface area contributed by atoms with Crippen LogP contribution in [0.4, 0.5) is 4.79 Å². The van der Waals surface area contributed by atoms with Crippen molar-refractivity contribution in [2.24, 2.45) is 5.73 Å². The highest BCUT2D eigenvalue weighted by molar-refractivity contribution is 6.04. The molecule has 218 valence electrons. The number of aromatic nitrogens is 1. The summed E-state index contributed by atoms with van der Waals surface area (Å²) in [6, 6.07) is 11.6. The number of carbonyl (C=O) groups is 4. The van der Waals surface area contributed by atoms with E-state index in [9.17, 15) is 24.3 Å². The van der Waals surface area contributed by atoms with Crippen LogP contribution in [0.5, 0.6) is 0 Å². The van der Waals surface area contributed by atoms with Crippen LogP contribution in [0.1, 0.15) is 57.1 Å². The fraction of sp³-hybridized carbons (Fsp3) is 0.464. The molecule has 2 aromatic rings. The number of amides is 4. The fourth-order valence-corrected chi connectivity index (χ4v) is 3.60. The molecule has 0 aliphatic rings. The van der Waals surface area contributed by atoms with E-state index >= 15 is 0 Å². The first kappa shape index (κ1) is 32.3. The molecule has 0 bridgehead atoms. The molecule has 0 fully saturated rings. The number of imide groups is 1. The van der Waals surface area contributed by atoms with Crippen molar-refractivity contribution in [1.82, 2.24) is 26.1 Å². The molecule has 0 aliphatic heterocycles. The Labute approximate surface area is 234 Å². The summed E-state index contributed by atoms with van der Waals surface area (Å²) in [6.07, 6.45) is -0.612. The van der Waals surface area contributed by atoms with Gasteiger partial charge in [-0.15, -0.1) is 0 Å². The predicted octanol–water partition coefficient (Wildman–Crippen LogP) is 1.29. The largest absolute Gasteiger partial charge is 0.443 e. The normalized spacial score (nSPS) is 13.7. The molecule has 0 aliphatic carbocycles. The summed E-state index contributed by atoms with van der Waals surface area (Å²) in [5.74, 6) is -2.13. The van der Waals surface area contributed by atoms with Crippen LogP contribution in [0.3, 0.4) is 0 Å². The van der Waals surface area contributed by atoms with Crippen LogP contribution in [0.25, 0.3) is 0 Å². The van der Waals surface area contributed by atoms with Crippen molar-refractivity contribution < 1.29 is 29.0 Å². The first-order chi connectivity index (χ1) is 18.7. The van der Waals surface area contributed by atoms with Gasteiger partial charge in [0.2, 0.25) is 11.8 Å². The first-order valence-corrected chi connectivity index (χ1v) is 13.0. The molecule has 0 saturated heterocycles. The number of hydrazine groups is 1. The van der Waals surface area contributed by atoms with Crippen LogP contribution >= 0.6 is 0 Å². The van der Waals surface area contributed by atoms with Gasteiger partial charge in [0.05, 0.1) is 24.6 Å². The maximum atomic E-state index is 13.0. The number of benzene rings is 1. The Hall–Kier alpha value is -3.87. The Morgan fingerprint density at radius 3 is 2.27 bits per heavy atom. The molecule has 0 saturated carbocycles. The second kappa shape index (κ2) is 15.1. The zero-order valence-electron chi connectivity index (χ0n) is 23.6. The molecule has 2 rings (SSSR count). The summed E-state index contributed by atoms with van der Waals surface area (Å²) in [6.45, 7) is 8.84. The van der Waals surface area contributed by atoms with E-state index < -0.39 is 54.0 Å². The van der Waals surface area contributed by atoms with Crippen molar-refractivity contribution in [3.8, 4) is 0 Å². The minimum Gasteiger partial charge on any atom is -0.443 e. The van der Waals surface area contributed by atoms with E-state index in [1.54, 1.807) is 32.9 Å². The lowest BCUT2D eigenvalue weighted by Crippen LogP contribution is -2.57. The minimum absolute atomic E-state index is 0.0387. The van der Waals surface area contributed by atoms with E-state index in [4.69, 9.17) is 10.5 Å². The van der Waals surface area contributed by atoms with Gasteiger partial charge in [-0.3, -0.25) is 30.1 Å². The average Bonchev–Trinajstić information content (AvgIpc) is 2.87. The maximum Gasteiger partial charge on any atom is 0.422 e. The van der Waals surface area contributed by atoms with Gasteiger partial charge >= 0.3 is 6.09 Å². The zero-order chi connectivity index (χ0) is 29.9. The molecule has 6 N–H and O–H groups in total. The Morgan fingerprint density at radius 1 is 1.05 bits per heavy atom. The van der Waals surface area contributed by atoms with E-state index in [2.05, 4.69) is 21.0 Å². The van der Waals surface area contributed by atoms with Crippen LogP contribution < -0.4 is 21.8 Å². The maximum absolute atomic E-state index is 13.0. The molecule has 3 atom stereocenters. The highest BCUT2D eigenvalue weighted by Gasteiger charge is 2.29. The van der Waals surface area contributed by atoms with Crippen LogP contribution in [-0.2, 0) is 20.7 Å². The predicted molar refractivity (Wildman–Crippen MR) is 149 cm³/mol. The molecule has 40 heavy (non-hydrogen) atoms. The van der Waals surface area contributed by atoms with Gasteiger partial charge in [0.25, 0.3) is 5.91 Å². The molecular formula is C28H40N6O6. The van der Waals surface area contributed by atoms with Gasteiger partial charge < -0.3 is 20.9 Å². The second-order valence-electron chi connectivity index (χ2n) is 10.6. The number of ether oxygens (including phenoxy) is 1. The molecule has 0 unspecified atom stereocenters. The van der Waals surface area contributed by atoms with E-state index in [0.29, 0.717) is 0 Å². The topological polar surface area (TPSA) is 176 Å². The van der Waals surface area contributed by atoms with Crippen molar-refractivity contribution in [3.05, 3.63) is 66.0 Å². The van der Waals surface area contributed by atoms with Gasteiger partial charge in [-0.2, -0.15) is 0 Å². The number of hydrogen-bond donors (Lipinski definition) is 5. The first-order valence-electron chi connectivity index (χ1n) is 13.0. The number of nitrogens with zero attached hydrogens (tertiary/aromatic N) is 2. The molecule has 0 radical (unpaired) electrons. The third-order valence-corrected chi connectivity index (χ3v) is 5.62. The van der Waals surface area contributed by atoms with Crippen molar-refractivity contribution in [2.75, 3.05) is 6.54 Å². The third kappa shape index (κ3) is 11.5. The Bertz CT molecular complexity index is 1120. The quantitative estimate of drug-likeness (QED) is 0.241. The van der Waals surface area contributed by atoms with Crippen LogP contribution in [0.15, 0.2) is 54.7 Å². The Balaban J connectivity index is 2.08. The average molecular weight is 557 g/mol. The van der Waals surface area contributed by atoms with Crippen molar-refractivity contribution in [2.45, 2.75) is 77.3 Å². The number of aliphatic hydroxyl groups is 1. The number of nitrogens with two attached hydrogens (primary N) is 1. The number of pyridine rings is 1. The van der Waals surface area contributed by atoms with E-state index in [1.807, 2.05) is 44.2 Å². The van der Waals surface area contributed by atoms with Crippen molar-refractivity contribution >= 4 is 23.8 Å². The van der Waals surface area contributed by atoms with Crippen LogP contribution in [0.2, 0.25) is 0 Å². The standard InChI is InChI=1S/C28H40N6O6/c1-18(2)34(33-27(39)40-28(3,4)5)17-23(35)22(15-19-11-7-6-8-12-19)31-25(37)20(29)16-24(36)32-26(38)21-13-9-10-14-30-21/h6-14,18,20,22-23,35H,15-17,29H2,1-5H3,(H,31,37)(H,33,39)(H,32,36,38)/t20-,22-,23-/m0/s1. The number of carbonyl (C=O) groups excluding carboxylic acids is 4. The highest BCUT2D eigenvalue weighted by atomic mass is 16.6. The van der Waals surface area contributed by atoms with Crippen molar-refractivity contribution in [3.63, 3.8) is 0 Å². The molecule has 0 spiro atoms. The van der Waals surface area contributed by atoms with E-state index in [1.165, 1.54) is 17.3 Å². The van der Waals surface area contributed by atoms with Gasteiger partial charge in [0.1, 0.15) is 11.3 Å². The number of aliphatic hydroxyl groups excluding tert-OH is 1. The smallest absolute Gasteiger partial charge is 0.422 e. The summed E-state index contributed by atoms with van der Waals surface area (Å²) >= 11 is 0.